The van der Waals surface area contributed by atoms with E-state index in [0.29, 0.717) is 37.4 Å². The first kappa shape index (κ1) is 24.7. The summed E-state index contributed by atoms with van der Waals surface area (Å²) < 4.78 is 72.7. The molecule has 1 spiro atoms. The molecule has 4 unspecified atom stereocenters. The van der Waals surface area contributed by atoms with Gasteiger partial charge in [0.25, 0.3) is 5.91 Å². The van der Waals surface area contributed by atoms with Crippen molar-refractivity contribution in [1.82, 2.24) is 20.3 Å². The second-order valence-electron chi connectivity index (χ2n) is 7.48. The van der Waals surface area contributed by atoms with E-state index in [2.05, 4.69) is 9.60 Å². The van der Waals surface area contributed by atoms with Crippen molar-refractivity contribution in [2.75, 3.05) is 19.6 Å². The van der Waals surface area contributed by atoms with Crippen LogP contribution in [-0.4, -0.2) is 94.8 Å². The van der Waals surface area contributed by atoms with Crippen LogP contribution in [0, 0.1) is 5.92 Å². The van der Waals surface area contributed by atoms with Crippen molar-refractivity contribution in [2.45, 2.75) is 43.6 Å². The maximum absolute atomic E-state index is 12.7. The molecule has 5 heterocycles. The zero-order valence-electron chi connectivity index (χ0n) is 16.2. The normalized spacial score (nSPS) is 33.7. The molecule has 0 aromatic rings. The number of piperidine rings is 1. The summed E-state index contributed by atoms with van der Waals surface area (Å²) in [5, 5.41) is 11.9. The number of carbonyl (C=O) groups excluding carboxylic acids is 2. The van der Waals surface area contributed by atoms with E-state index in [1.165, 1.54) is 0 Å². The number of imide groups is 1. The van der Waals surface area contributed by atoms with Crippen LogP contribution < -0.4 is 11.2 Å². The molecule has 0 saturated carbocycles. The van der Waals surface area contributed by atoms with Gasteiger partial charge in [0, 0.05) is 13.1 Å². The van der Waals surface area contributed by atoms with Crippen LogP contribution in [0.5, 0.6) is 0 Å². The summed E-state index contributed by atoms with van der Waals surface area (Å²) in [6, 6.07) is -0.723. The van der Waals surface area contributed by atoms with Crippen molar-refractivity contribution < 1.29 is 54.7 Å². The lowest BCUT2D eigenvalue weighted by Gasteiger charge is -2.45. The minimum Gasteiger partial charge on any atom is -0.475 e. The fourth-order valence-electron chi connectivity index (χ4n) is 3.96. The lowest BCUT2D eigenvalue weighted by Crippen LogP contribution is -2.63. The number of nitrogens with two attached hydrogens (primary N) is 1. The molecule has 5 aliphatic heterocycles. The number of carbonyl (C=O) groups is 3. The third-order valence-electron chi connectivity index (χ3n) is 5.44. The number of nitrogens with one attached hydrogen (secondary N) is 1. The highest BCUT2D eigenvalue weighted by atomic mass is 32.3. The van der Waals surface area contributed by atoms with E-state index in [0.717, 1.165) is 5.06 Å². The fourth-order valence-corrected chi connectivity index (χ4v) is 4.38. The first-order valence-electron chi connectivity index (χ1n) is 9.19. The summed E-state index contributed by atoms with van der Waals surface area (Å²) in [6.07, 6.45) is -4.75. The number of ether oxygens (including phenoxy) is 1. The molecule has 0 aliphatic carbocycles. The average molecular weight is 491 g/mol. The van der Waals surface area contributed by atoms with E-state index in [1.54, 1.807) is 4.90 Å². The highest BCUT2D eigenvalue weighted by Gasteiger charge is 2.70. The Hall–Kier alpha value is -1.93. The maximum atomic E-state index is 12.7. The Bertz CT molecular complexity index is 897. The summed E-state index contributed by atoms with van der Waals surface area (Å²) >= 11 is 0. The number of aliphatic carboxylic acids is 1. The minimum atomic E-state index is -5.08. The Kier molecular flexibility index (Phi) is 6.52. The minimum absolute atomic E-state index is 0.219. The van der Waals surface area contributed by atoms with Crippen LogP contribution in [0.15, 0.2) is 0 Å². The Morgan fingerprint density at radius 2 is 1.88 bits per heavy atom. The van der Waals surface area contributed by atoms with Gasteiger partial charge in [0.15, 0.2) is 12.1 Å². The van der Waals surface area contributed by atoms with Crippen LogP contribution in [0.1, 0.15) is 19.3 Å². The molecule has 3 bridgehead atoms. The highest BCUT2D eigenvalue weighted by Crippen LogP contribution is 2.52. The van der Waals surface area contributed by atoms with Gasteiger partial charge < -0.3 is 15.2 Å². The summed E-state index contributed by atoms with van der Waals surface area (Å²) in [5.41, 5.74) is -1.00. The van der Waals surface area contributed by atoms with Gasteiger partial charge in [0.1, 0.15) is 0 Å². The lowest BCUT2D eigenvalue weighted by molar-refractivity contribution is -0.415. The average Bonchev–Trinajstić information content (AvgIpc) is 3.36. The van der Waals surface area contributed by atoms with Crippen LogP contribution >= 0.6 is 0 Å². The standard InChI is InChI=1S/C12H19N5O7S.C2HF3O2/c13-16(9(18)7-2-4-14-5-7)10(19)8-1-3-12-6-15(8)11(23-12)17(12)24-25(20,21)22;3-2(4,5)1(6)7/h7-8,11,14H,1-6,13H2,(H,20,21,22);(H,6,7)/t7?,8-,11?,12?;/m0./s1. The van der Waals surface area contributed by atoms with Crippen molar-refractivity contribution in [3.63, 3.8) is 0 Å². The van der Waals surface area contributed by atoms with Crippen LogP contribution in [0.25, 0.3) is 0 Å². The monoisotopic (exact) mass is 491 g/mol. The summed E-state index contributed by atoms with van der Waals surface area (Å²) in [5.74, 6) is 1.67. The molecule has 0 aromatic heterocycles. The molecule has 5 fully saturated rings. The first-order chi connectivity index (χ1) is 14.7. The van der Waals surface area contributed by atoms with Gasteiger partial charge in [0.2, 0.25) is 5.91 Å². The van der Waals surface area contributed by atoms with Gasteiger partial charge in [-0.15, -0.1) is 4.28 Å². The summed E-state index contributed by atoms with van der Waals surface area (Å²) in [4.78, 5) is 35.5. The van der Waals surface area contributed by atoms with Gasteiger partial charge in [0.05, 0.1) is 12.0 Å². The Morgan fingerprint density at radius 1 is 1.25 bits per heavy atom. The van der Waals surface area contributed by atoms with E-state index < -0.39 is 52.5 Å². The number of carboxylic acid groups (broad SMARTS) is 1. The van der Waals surface area contributed by atoms with Gasteiger partial charge >= 0.3 is 22.5 Å². The molecule has 5 aliphatic rings. The quantitative estimate of drug-likeness (QED) is 0.111. The smallest absolute Gasteiger partial charge is 0.475 e. The molecule has 5 N–H and O–H groups in total. The molecule has 32 heavy (non-hydrogen) atoms. The van der Waals surface area contributed by atoms with E-state index >= 15 is 0 Å². The number of hydrogen-bond acceptors (Lipinski definition) is 11. The number of carboxylic acids is 1. The van der Waals surface area contributed by atoms with Gasteiger partial charge in [-0.1, -0.05) is 5.06 Å². The number of amides is 2. The van der Waals surface area contributed by atoms with Gasteiger partial charge in [-0.25, -0.2) is 20.5 Å². The van der Waals surface area contributed by atoms with Crippen LogP contribution in [0.2, 0.25) is 0 Å². The Morgan fingerprint density at radius 3 is 2.38 bits per heavy atom. The summed E-state index contributed by atoms with van der Waals surface area (Å²) in [6.45, 7) is 1.41. The van der Waals surface area contributed by atoms with Crippen LogP contribution in [0.3, 0.4) is 0 Å². The van der Waals surface area contributed by atoms with Crippen molar-refractivity contribution in [3.05, 3.63) is 0 Å². The SMILES string of the molecule is NN(C(=O)C1CCNC1)C(=O)[C@@H]1CCC23CN1C(O2)N3OS(=O)(=O)O.O=C(O)C(F)(F)F. The first-order valence-corrected chi connectivity index (χ1v) is 10.6. The van der Waals surface area contributed by atoms with Gasteiger partial charge in [-0.2, -0.15) is 21.6 Å². The Balaban J connectivity index is 0.000000360. The zero-order chi connectivity index (χ0) is 24.1. The number of halogens is 3. The van der Waals surface area contributed by atoms with Gasteiger partial charge in [-0.3, -0.25) is 14.1 Å². The predicted octanol–water partition coefficient (Wildman–Crippen LogP) is -2.02. The van der Waals surface area contributed by atoms with Crippen molar-refractivity contribution >= 4 is 28.2 Å². The second kappa shape index (κ2) is 8.45. The maximum Gasteiger partial charge on any atom is 0.490 e. The fraction of sp³-hybridized carbons (Fsp3) is 0.786. The number of hydroxylamine groups is 2. The molecule has 0 radical (unpaired) electrons. The topological polar surface area (TPSA) is 192 Å². The molecular formula is C14H20F3N5O9S. The van der Waals surface area contributed by atoms with E-state index in [1.807, 2.05) is 0 Å². The molecule has 5 atom stereocenters. The van der Waals surface area contributed by atoms with E-state index in [-0.39, 0.29) is 12.5 Å². The van der Waals surface area contributed by atoms with E-state index in [9.17, 15) is 31.2 Å². The zero-order valence-corrected chi connectivity index (χ0v) is 17.0. The molecule has 2 amide bonds. The van der Waals surface area contributed by atoms with E-state index in [4.69, 9.17) is 25.0 Å². The third kappa shape index (κ3) is 4.71. The molecule has 18 heteroatoms. The number of rotatable bonds is 4. The molecule has 5 saturated heterocycles. The van der Waals surface area contributed by atoms with Crippen LogP contribution in [0.4, 0.5) is 13.2 Å². The van der Waals surface area contributed by atoms with Crippen LogP contribution in [-0.2, 0) is 33.8 Å². The van der Waals surface area contributed by atoms with Gasteiger partial charge in [-0.05, 0) is 25.8 Å². The Labute approximate surface area is 178 Å². The van der Waals surface area contributed by atoms with Crippen molar-refractivity contribution in [2.24, 2.45) is 11.8 Å². The third-order valence-corrected chi connectivity index (χ3v) is 5.78. The molecule has 182 valence electrons. The molecular weight excluding hydrogens is 471 g/mol. The number of hydrazine groups is 1. The van der Waals surface area contributed by atoms with Crippen molar-refractivity contribution in [3.8, 4) is 0 Å². The molecule has 5 rings (SSSR count). The lowest BCUT2D eigenvalue weighted by atomic mass is 9.97. The van der Waals surface area contributed by atoms with Crippen molar-refractivity contribution in [1.29, 1.82) is 0 Å². The molecule has 0 aromatic carbocycles. The predicted molar refractivity (Wildman–Crippen MR) is 92.5 cm³/mol. The number of nitrogens with zero attached hydrogens (tertiary/aromatic N) is 3. The number of alkyl halides is 3. The second-order valence-corrected chi connectivity index (χ2v) is 8.49. The highest BCUT2D eigenvalue weighted by molar-refractivity contribution is 7.80. The largest absolute Gasteiger partial charge is 0.490 e. The molecule has 14 nitrogen and oxygen atoms in total. The summed E-state index contributed by atoms with van der Waals surface area (Å²) in [7, 11) is -4.69. The number of hydrogen-bond donors (Lipinski definition) is 4.